The van der Waals surface area contributed by atoms with Crippen LogP contribution in [0.4, 0.5) is 5.69 Å². The lowest BCUT2D eigenvalue weighted by atomic mass is 9.91. The first-order chi connectivity index (χ1) is 10.2. The largest absolute Gasteiger partial charge is 0.358 e. The first-order valence-corrected chi connectivity index (χ1v) is 7.59. The van der Waals surface area contributed by atoms with Crippen LogP contribution in [0, 0.1) is 0 Å². The summed E-state index contributed by atoms with van der Waals surface area (Å²) < 4.78 is 0.964. The van der Waals surface area contributed by atoms with E-state index in [-0.39, 0.29) is 11.8 Å². The van der Waals surface area contributed by atoms with Crippen molar-refractivity contribution in [3.8, 4) is 0 Å². The number of carbonyl (C=O) groups is 1. The predicted molar refractivity (Wildman–Crippen MR) is 87.8 cm³/mol. The summed E-state index contributed by atoms with van der Waals surface area (Å²) >= 11 is 3.53. The van der Waals surface area contributed by atoms with Gasteiger partial charge in [0, 0.05) is 28.5 Å². The fourth-order valence-corrected chi connectivity index (χ4v) is 2.99. The molecule has 1 aliphatic heterocycles. The van der Waals surface area contributed by atoms with Crippen molar-refractivity contribution in [1.82, 2.24) is 5.32 Å². The second-order valence-corrected chi connectivity index (χ2v) is 5.80. The summed E-state index contributed by atoms with van der Waals surface area (Å²) in [5, 5.41) is 6.20. The molecule has 2 aromatic carbocycles. The Bertz CT molecular complexity index is 682. The molecule has 2 N–H and O–H groups in total. The lowest BCUT2D eigenvalue weighted by Gasteiger charge is -2.24. The maximum Gasteiger partial charge on any atom is 0.231 e. The molecule has 0 radical (unpaired) electrons. The number of rotatable bonds is 3. The highest BCUT2D eigenvalue weighted by Gasteiger charge is 2.26. The average Bonchev–Trinajstić information content (AvgIpc) is 2.51. The average molecular weight is 343 g/mol. The molecule has 3 nitrogen and oxygen atoms in total. The van der Waals surface area contributed by atoms with Crippen LogP contribution >= 0.6 is 15.9 Å². The van der Waals surface area contributed by atoms with Gasteiger partial charge in [-0.15, -0.1) is 0 Å². The van der Waals surface area contributed by atoms with Gasteiger partial charge in [-0.2, -0.15) is 0 Å². The SMILES string of the molecule is O=C1NC=C(Nc2ccccc2)CC1c1ccccc1Br. The van der Waals surface area contributed by atoms with Gasteiger partial charge in [-0.25, -0.2) is 0 Å². The fourth-order valence-electron chi connectivity index (χ4n) is 2.43. The molecule has 1 aliphatic rings. The lowest BCUT2D eigenvalue weighted by molar-refractivity contribution is -0.122. The first-order valence-electron chi connectivity index (χ1n) is 6.80. The van der Waals surface area contributed by atoms with Crippen LogP contribution in [-0.2, 0) is 4.79 Å². The smallest absolute Gasteiger partial charge is 0.231 e. The molecule has 0 fully saturated rings. The minimum absolute atomic E-state index is 0.0283. The molecule has 0 aliphatic carbocycles. The number of anilines is 1. The summed E-state index contributed by atoms with van der Waals surface area (Å²) in [5.41, 5.74) is 3.03. The molecule has 21 heavy (non-hydrogen) atoms. The van der Waals surface area contributed by atoms with Gasteiger partial charge in [0.05, 0.1) is 5.92 Å². The van der Waals surface area contributed by atoms with Crippen molar-refractivity contribution in [2.24, 2.45) is 0 Å². The number of benzene rings is 2. The van der Waals surface area contributed by atoms with Gasteiger partial charge >= 0.3 is 0 Å². The van der Waals surface area contributed by atoms with Crippen molar-refractivity contribution in [1.29, 1.82) is 0 Å². The molecule has 0 aromatic heterocycles. The maximum absolute atomic E-state index is 12.1. The third kappa shape index (κ3) is 3.16. The molecule has 106 valence electrons. The first kappa shape index (κ1) is 13.9. The van der Waals surface area contributed by atoms with Gasteiger partial charge in [-0.1, -0.05) is 52.3 Å². The third-order valence-electron chi connectivity index (χ3n) is 3.49. The second kappa shape index (κ2) is 6.14. The number of carbonyl (C=O) groups excluding carboxylic acids is 1. The van der Waals surface area contributed by atoms with Crippen molar-refractivity contribution in [3.05, 3.63) is 76.5 Å². The molecule has 1 unspecified atom stereocenters. The molecule has 0 saturated heterocycles. The van der Waals surface area contributed by atoms with E-state index >= 15 is 0 Å². The monoisotopic (exact) mass is 342 g/mol. The lowest BCUT2D eigenvalue weighted by Crippen LogP contribution is -2.31. The number of halogens is 1. The van der Waals surface area contributed by atoms with E-state index in [9.17, 15) is 4.79 Å². The predicted octanol–water partition coefficient (Wildman–Crippen LogP) is 4.01. The van der Waals surface area contributed by atoms with Crippen molar-refractivity contribution in [2.75, 3.05) is 5.32 Å². The van der Waals surface area contributed by atoms with Crippen LogP contribution in [0.25, 0.3) is 0 Å². The van der Waals surface area contributed by atoms with E-state index in [1.165, 1.54) is 0 Å². The minimum atomic E-state index is -0.184. The van der Waals surface area contributed by atoms with Crippen LogP contribution in [0.2, 0.25) is 0 Å². The molecule has 1 amide bonds. The quantitative estimate of drug-likeness (QED) is 0.884. The van der Waals surface area contributed by atoms with Gasteiger partial charge in [0.25, 0.3) is 0 Å². The molecule has 1 atom stereocenters. The van der Waals surface area contributed by atoms with Crippen molar-refractivity contribution >= 4 is 27.5 Å². The van der Waals surface area contributed by atoms with Gasteiger partial charge in [0.1, 0.15) is 0 Å². The highest BCUT2D eigenvalue weighted by molar-refractivity contribution is 9.10. The van der Waals surface area contributed by atoms with Crippen LogP contribution in [0.5, 0.6) is 0 Å². The van der Waals surface area contributed by atoms with Crippen LogP contribution in [0.3, 0.4) is 0 Å². The summed E-state index contributed by atoms with van der Waals surface area (Å²) in [4.78, 5) is 12.1. The number of amides is 1. The Labute approximate surface area is 132 Å². The van der Waals surface area contributed by atoms with Crippen LogP contribution in [0.15, 0.2) is 71.0 Å². The van der Waals surface area contributed by atoms with Gasteiger partial charge in [0.15, 0.2) is 0 Å². The second-order valence-electron chi connectivity index (χ2n) is 4.95. The zero-order valence-electron chi connectivity index (χ0n) is 11.3. The molecule has 0 spiro atoms. The van der Waals surface area contributed by atoms with Gasteiger partial charge in [-0.3, -0.25) is 4.79 Å². The molecular formula is C17H15BrN2O. The number of hydrogen-bond donors (Lipinski definition) is 2. The third-order valence-corrected chi connectivity index (χ3v) is 4.21. The Morgan fingerprint density at radius 1 is 1.05 bits per heavy atom. The molecule has 0 bridgehead atoms. The fraction of sp³-hybridized carbons (Fsp3) is 0.118. The van der Waals surface area contributed by atoms with E-state index in [1.54, 1.807) is 6.20 Å². The Hall–Kier alpha value is -2.07. The summed E-state index contributed by atoms with van der Waals surface area (Å²) in [6, 6.07) is 17.8. The summed E-state index contributed by atoms with van der Waals surface area (Å²) in [6.07, 6.45) is 2.41. The molecular weight excluding hydrogens is 328 g/mol. The zero-order chi connectivity index (χ0) is 14.7. The van der Waals surface area contributed by atoms with E-state index < -0.39 is 0 Å². The number of para-hydroxylation sites is 1. The maximum atomic E-state index is 12.1. The standard InChI is InChI=1S/C17H15BrN2O/c18-16-9-5-4-8-14(16)15-10-13(11-19-17(15)21)20-12-6-2-1-3-7-12/h1-9,11,15,20H,10H2,(H,19,21). The van der Waals surface area contributed by atoms with E-state index in [0.717, 1.165) is 21.4 Å². The summed E-state index contributed by atoms with van der Waals surface area (Å²) in [7, 11) is 0. The molecule has 1 heterocycles. The highest BCUT2D eigenvalue weighted by Crippen LogP contribution is 2.32. The van der Waals surface area contributed by atoms with E-state index in [0.29, 0.717) is 6.42 Å². The minimum Gasteiger partial charge on any atom is -0.358 e. The Kier molecular flexibility index (Phi) is 4.06. The Balaban J connectivity index is 1.81. The number of allylic oxidation sites excluding steroid dienone is 1. The molecule has 2 aromatic rings. The zero-order valence-corrected chi connectivity index (χ0v) is 12.9. The van der Waals surface area contributed by atoms with Crippen molar-refractivity contribution in [3.63, 3.8) is 0 Å². The molecule has 3 rings (SSSR count). The van der Waals surface area contributed by atoms with Gasteiger partial charge < -0.3 is 10.6 Å². The highest BCUT2D eigenvalue weighted by atomic mass is 79.9. The Morgan fingerprint density at radius 3 is 2.52 bits per heavy atom. The normalized spacial score (nSPS) is 17.9. The summed E-state index contributed by atoms with van der Waals surface area (Å²) in [5.74, 6) is -0.155. The van der Waals surface area contributed by atoms with E-state index in [2.05, 4.69) is 26.6 Å². The van der Waals surface area contributed by atoms with Crippen molar-refractivity contribution < 1.29 is 4.79 Å². The number of hydrogen-bond acceptors (Lipinski definition) is 2. The van der Waals surface area contributed by atoms with E-state index in [4.69, 9.17) is 0 Å². The Morgan fingerprint density at radius 2 is 1.76 bits per heavy atom. The van der Waals surface area contributed by atoms with Gasteiger partial charge in [-0.05, 0) is 23.8 Å². The topological polar surface area (TPSA) is 41.1 Å². The molecule has 0 saturated carbocycles. The molecule has 4 heteroatoms. The summed E-state index contributed by atoms with van der Waals surface area (Å²) in [6.45, 7) is 0. The van der Waals surface area contributed by atoms with Crippen LogP contribution in [-0.4, -0.2) is 5.91 Å². The number of nitrogens with one attached hydrogen (secondary N) is 2. The van der Waals surface area contributed by atoms with Gasteiger partial charge in [0.2, 0.25) is 5.91 Å². The van der Waals surface area contributed by atoms with Crippen LogP contribution in [0.1, 0.15) is 17.9 Å². The van der Waals surface area contributed by atoms with E-state index in [1.807, 2.05) is 54.6 Å². The van der Waals surface area contributed by atoms with Crippen LogP contribution < -0.4 is 10.6 Å². The van der Waals surface area contributed by atoms with Crippen molar-refractivity contribution in [2.45, 2.75) is 12.3 Å².